The van der Waals surface area contributed by atoms with Gasteiger partial charge in [-0.3, -0.25) is 9.63 Å². The van der Waals surface area contributed by atoms with Crippen LogP contribution in [0.2, 0.25) is 5.02 Å². The molecule has 0 radical (unpaired) electrons. The van der Waals surface area contributed by atoms with Gasteiger partial charge in [0.25, 0.3) is 0 Å². The average molecular weight is 371 g/mol. The van der Waals surface area contributed by atoms with Gasteiger partial charge < -0.3 is 4.74 Å². The number of amides is 1. The fraction of sp³-hybridized carbons (Fsp3) is 0.105. The van der Waals surface area contributed by atoms with Crippen molar-refractivity contribution in [2.24, 2.45) is 4.99 Å². The van der Waals surface area contributed by atoms with Gasteiger partial charge in [0.05, 0.1) is 6.20 Å². The number of hydrogen-bond acceptors (Lipinski definition) is 5. The Morgan fingerprint density at radius 2 is 1.88 bits per heavy atom. The smallest absolute Gasteiger partial charge is 0.365 e. The normalized spacial score (nSPS) is 14.9. The number of hydrogen-bond donors (Lipinski definition) is 0. The van der Waals surface area contributed by atoms with Crippen molar-refractivity contribution in [3.05, 3.63) is 82.6 Å². The zero-order valence-electron chi connectivity index (χ0n) is 13.9. The van der Waals surface area contributed by atoms with Gasteiger partial charge in [0.1, 0.15) is 6.61 Å². The fourth-order valence-corrected chi connectivity index (χ4v) is 2.28. The Labute approximate surface area is 155 Å². The molecule has 1 heterocycles. The van der Waals surface area contributed by atoms with Crippen LogP contribution in [0.4, 0.5) is 0 Å². The molecule has 0 aliphatic carbocycles. The van der Waals surface area contributed by atoms with Crippen molar-refractivity contribution < 1.29 is 19.2 Å². The monoisotopic (exact) mass is 370 g/mol. The zero-order chi connectivity index (χ0) is 18.5. The van der Waals surface area contributed by atoms with Crippen molar-refractivity contribution in [1.82, 2.24) is 5.06 Å². The molecule has 6 nitrogen and oxygen atoms in total. The van der Waals surface area contributed by atoms with E-state index in [0.29, 0.717) is 10.6 Å². The van der Waals surface area contributed by atoms with E-state index < -0.39 is 11.9 Å². The van der Waals surface area contributed by atoms with E-state index in [2.05, 4.69) is 4.99 Å². The molecule has 0 N–H and O–H groups in total. The summed E-state index contributed by atoms with van der Waals surface area (Å²) in [5, 5.41) is 1.57. The quantitative estimate of drug-likeness (QED) is 0.459. The van der Waals surface area contributed by atoms with Gasteiger partial charge in [0, 0.05) is 17.5 Å². The first kappa shape index (κ1) is 17.8. The number of carbonyl (C=O) groups excluding carboxylic acids is 2. The largest absolute Gasteiger partial charge is 0.402 e. The molecule has 0 atom stereocenters. The lowest BCUT2D eigenvalue weighted by atomic mass is 10.2. The summed E-state index contributed by atoms with van der Waals surface area (Å²) in [6, 6.07) is 16.0. The Hall–Kier alpha value is -2.96. The highest BCUT2D eigenvalue weighted by Gasteiger charge is 2.25. The Bertz CT molecular complexity index is 876. The van der Waals surface area contributed by atoms with Crippen molar-refractivity contribution in [2.75, 3.05) is 0 Å². The minimum absolute atomic E-state index is 0.0184. The van der Waals surface area contributed by atoms with E-state index in [-0.39, 0.29) is 18.2 Å². The van der Waals surface area contributed by atoms with Crippen LogP contribution in [0.3, 0.4) is 0 Å². The lowest BCUT2D eigenvalue weighted by molar-refractivity contribution is -0.172. The molecular formula is C19H15ClN2O4. The lowest BCUT2D eigenvalue weighted by Crippen LogP contribution is -2.24. The highest BCUT2D eigenvalue weighted by Crippen LogP contribution is 2.18. The van der Waals surface area contributed by atoms with Crippen LogP contribution in [0.25, 0.3) is 0 Å². The van der Waals surface area contributed by atoms with E-state index in [1.165, 1.54) is 13.1 Å². The third kappa shape index (κ3) is 4.36. The molecule has 1 amide bonds. The van der Waals surface area contributed by atoms with Gasteiger partial charge in [0.15, 0.2) is 5.70 Å². The van der Waals surface area contributed by atoms with Crippen molar-refractivity contribution >= 4 is 29.4 Å². The molecule has 0 spiro atoms. The lowest BCUT2D eigenvalue weighted by Gasteiger charge is -2.16. The summed E-state index contributed by atoms with van der Waals surface area (Å²) in [5.74, 6) is -0.865. The predicted octanol–water partition coefficient (Wildman–Crippen LogP) is 3.47. The van der Waals surface area contributed by atoms with Crippen molar-refractivity contribution in [1.29, 1.82) is 0 Å². The van der Waals surface area contributed by atoms with E-state index in [0.717, 1.165) is 10.6 Å². The average Bonchev–Trinajstić information content (AvgIpc) is 3.01. The molecule has 0 unspecified atom stereocenters. The summed E-state index contributed by atoms with van der Waals surface area (Å²) >= 11 is 5.84. The molecule has 2 aromatic carbocycles. The molecule has 1 aliphatic heterocycles. The SMILES string of the molecule is CC(=O)N(/C=C1/N=C(c2ccccc2)OC1=O)OCc1ccc(Cl)cc1. The molecule has 0 aromatic heterocycles. The van der Waals surface area contributed by atoms with Crippen LogP contribution < -0.4 is 0 Å². The first-order valence-electron chi connectivity index (χ1n) is 7.78. The van der Waals surface area contributed by atoms with E-state index in [1.807, 2.05) is 18.2 Å². The van der Waals surface area contributed by atoms with Crippen LogP contribution in [-0.4, -0.2) is 22.8 Å². The summed E-state index contributed by atoms with van der Waals surface area (Å²) in [6.45, 7) is 1.45. The van der Waals surface area contributed by atoms with Crippen LogP contribution in [-0.2, 0) is 25.8 Å². The van der Waals surface area contributed by atoms with Gasteiger partial charge in [0.2, 0.25) is 11.8 Å². The topological polar surface area (TPSA) is 68.2 Å². The molecule has 0 saturated heterocycles. The van der Waals surface area contributed by atoms with E-state index in [4.69, 9.17) is 21.2 Å². The maximum atomic E-state index is 12.0. The Kier molecular flexibility index (Phi) is 5.46. The molecule has 7 heteroatoms. The number of hydroxylamine groups is 2. The zero-order valence-corrected chi connectivity index (χ0v) is 14.6. The van der Waals surface area contributed by atoms with Gasteiger partial charge in [-0.25, -0.2) is 9.79 Å². The molecule has 2 aromatic rings. The summed E-state index contributed by atoms with van der Waals surface area (Å²) in [7, 11) is 0. The van der Waals surface area contributed by atoms with Gasteiger partial charge in [-0.15, -0.1) is 0 Å². The maximum Gasteiger partial charge on any atom is 0.365 e. The maximum absolute atomic E-state index is 12.0. The minimum Gasteiger partial charge on any atom is -0.402 e. The van der Waals surface area contributed by atoms with E-state index >= 15 is 0 Å². The number of benzene rings is 2. The Morgan fingerprint density at radius 3 is 2.54 bits per heavy atom. The highest BCUT2D eigenvalue weighted by molar-refractivity contribution is 6.30. The van der Waals surface area contributed by atoms with Crippen LogP contribution in [0.15, 0.2) is 71.5 Å². The number of esters is 1. The van der Waals surface area contributed by atoms with Crippen molar-refractivity contribution in [3.63, 3.8) is 0 Å². The molecule has 0 saturated carbocycles. The first-order chi connectivity index (χ1) is 12.5. The van der Waals surface area contributed by atoms with Crippen LogP contribution in [0.5, 0.6) is 0 Å². The third-order valence-corrected chi connectivity index (χ3v) is 3.73. The number of cyclic esters (lactones) is 1. The van der Waals surface area contributed by atoms with Crippen molar-refractivity contribution in [2.45, 2.75) is 13.5 Å². The molecule has 1 aliphatic rings. The fourth-order valence-electron chi connectivity index (χ4n) is 2.16. The van der Waals surface area contributed by atoms with Crippen LogP contribution in [0.1, 0.15) is 18.1 Å². The highest BCUT2D eigenvalue weighted by atomic mass is 35.5. The predicted molar refractivity (Wildman–Crippen MR) is 95.9 cm³/mol. The molecular weight excluding hydrogens is 356 g/mol. The second-order valence-corrected chi connectivity index (χ2v) is 5.87. The van der Waals surface area contributed by atoms with E-state index in [1.54, 1.807) is 36.4 Å². The summed E-state index contributed by atoms with van der Waals surface area (Å²) in [6.07, 6.45) is 1.22. The van der Waals surface area contributed by atoms with Crippen molar-refractivity contribution in [3.8, 4) is 0 Å². The molecule has 132 valence electrons. The van der Waals surface area contributed by atoms with Crippen LogP contribution >= 0.6 is 11.6 Å². The van der Waals surface area contributed by atoms with Gasteiger partial charge in [-0.2, -0.15) is 5.06 Å². The van der Waals surface area contributed by atoms with Crippen LogP contribution in [0, 0.1) is 0 Å². The van der Waals surface area contributed by atoms with Gasteiger partial charge >= 0.3 is 5.97 Å². The number of ether oxygens (including phenoxy) is 1. The molecule has 0 bridgehead atoms. The molecule has 3 rings (SSSR count). The Morgan fingerprint density at radius 1 is 1.19 bits per heavy atom. The number of halogens is 1. The second-order valence-electron chi connectivity index (χ2n) is 5.43. The number of carbonyl (C=O) groups is 2. The summed E-state index contributed by atoms with van der Waals surface area (Å²) in [4.78, 5) is 33.4. The molecule has 0 fully saturated rings. The summed E-state index contributed by atoms with van der Waals surface area (Å²) in [5.41, 5.74) is 1.47. The number of rotatable bonds is 5. The summed E-state index contributed by atoms with van der Waals surface area (Å²) < 4.78 is 5.15. The van der Waals surface area contributed by atoms with Gasteiger partial charge in [-0.1, -0.05) is 41.9 Å². The standard InChI is InChI=1S/C19H15ClN2O4/c1-13(23)22(25-12-14-7-9-16(20)10-8-14)11-17-19(24)26-18(21-17)15-5-3-2-4-6-15/h2-11H,12H2,1H3/b17-11+. The van der Waals surface area contributed by atoms with E-state index in [9.17, 15) is 9.59 Å². The number of aliphatic imine (C=N–C) groups is 1. The number of nitrogens with zero attached hydrogens (tertiary/aromatic N) is 2. The second kappa shape index (κ2) is 7.95. The van der Waals surface area contributed by atoms with Gasteiger partial charge in [-0.05, 0) is 29.8 Å². The minimum atomic E-state index is -0.648. The third-order valence-electron chi connectivity index (χ3n) is 3.47. The Balaban J connectivity index is 1.75. The molecule has 26 heavy (non-hydrogen) atoms. The first-order valence-corrected chi connectivity index (χ1v) is 8.16.